The van der Waals surface area contributed by atoms with Gasteiger partial charge in [-0.1, -0.05) is 53.5 Å². The first kappa shape index (κ1) is 29.3. The lowest BCUT2D eigenvalue weighted by atomic mass is 9.92. The molecular formula is C29H29BrN4O3. The first-order valence-corrected chi connectivity index (χ1v) is 12.5. The number of ether oxygens (including phenoxy) is 1. The minimum atomic E-state index is -0.958. The highest BCUT2D eigenvalue weighted by molar-refractivity contribution is 9.10. The summed E-state index contributed by atoms with van der Waals surface area (Å²) in [6.07, 6.45) is 0.541. The molecule has 0 N–H and O–H groups in total. The maximum absolute atomic E-state index is 13.2. The minimum Gasteiger partial charge on any atom is -0.375 e. The molecule has 0 radical (unpaired) electrons. The van der Waals surface area contributed by atoms with Crippen LogP contribution in [0.4, 0.5) is 11.4 Å². The number of halogens is 1. The Hall–Kier alpha value is -3.98. The summed E-state index contributed by atoms with van der Waals surface area (Å²) in [6.45, 7) is 6.33. The lowest BCUT2D eigenvalue weighted by Crippen LogP contribution is -2.70. The zero-order valence-corrected chi connectivity index (χ0v) is 22.9. The number of aryl methyl sites for hydroxylation is 1. The Morgan fingerprint density at radius 1 is 0.946 bits per heavy atom. The molecule has 3 aromatic rings. The van der Waals surface area contributed by atoms with Crippen LogP contribution in [0.5, 0.6) is 0 Å². The number of hydrogen-bond acceptors (Lipinski definition) is 6. The molecule has 1 fully saturated rings. The van der Waals surface area contributed by atoms with Gasteiger partial charge in [0.2, 0.25) is 6.41 Å². The first-order valence-electron chi connectivity index (χ1n) is 11.7. The number of anilines is 2. The quantitative estimate of drug-likeness (QED) is 0.376. The van der Waals surface area contributed by atoms with Crippen molar-refractivity contribution in [3.63, 3.8) is 0 Å². The number of carbonyl (C=O) groups excluding carboxylic acids is 2. The number of carbonyl (C=O) groups is 2. The SMILES string of the molecule is CC.Cc1ccc(N(C=O)C(=O)C2(N(C)c3ccc(C#N)cc3)COC2)cc1.N#Cc1cccc(Br)c1. The molecule has 8 heteroatoms. The van der Waals surface area contributed by atoms with E-state index in [2.05, 4.69) is 22.0 Å². The number of benzene rings is 3. The Morgan fingerprint density at radius 2 is 1.51 bits per heavy atom. The van der Waals surface area contributed by atoms with E-state index in [9.17, 15) is 9.59 Å². The van der Waals surface area contributed by atoms with Crippen LogP contribution in [0.1, 0.15) is 30.5 Å². The largest absolute Gasteiger partial charge is 0.375 e. The minimum absolute atomic E-state index is 0.193. The molecule has 2 amide bonds. The predicted octanol–water partition coefficient (Wildman–Crippen LogP) is 5.61. The van der Waals surface area contributed by atoms with Gasteiger partial charge in [-0.05, 0) is 61.5 Å². The zero-order valence-electron chi connectivity index (χ0n) is 21.3. The molecule has 1 aliphatic rings. The van der Waals surface area contributed by atoms with E-state index < -0.39 is 5.54 Å². The van der Waals surface area contributed by atoms with Crippen LogP contribution in [-0.2, 0) is 14.3 Å². The zero-order chi connectivity index (χ0) is 27.4. The number of nitrogens with zero attached hydrogens (tertiary/aromatic N) is 4. The number of nitriles is 2. The Bertz CT molecular complexity index is 1270. The van der Waals surface area contributed by atoms with Crippen molar-refractivity contribution in [3.8, 4) is 12.1 Å². The fourth-order valence-corrected chi connectivity index (χ4v) is 3.88. The van der Waals surface area contributed by atoms with Gasteiger partial charge >= 0.3 is 0 Å². The molecule has 0 bridgehead atoms. The third-order valence-corrected chi connectivity index (χ3v) is 6.19. The Kier molecular flexibility index (Phi) is 11.0. The van der Waals surface area contributed by atoms with Gasteiger partial charge in [-0.2, -0.15) is 10.5 Å². The van der Waals surface area contributed by atoms with E-state index >= 15 is 0 Å². The van der Waals surface area contributed by atoms with Crippen molar-refractivity contribution in [2.45, 2.75) is 26.3 Å². The number of rotatable bonds is 5. The van der Waals surface area contributed by atoms with Crippen LogP contribution in [0, 0.1) is 29.6 Å². The van der Waals surface area contributed by atoms with Crippen molar-refractivity contribution >= 4 is 39.6 Å². The van der Waals surface area contributed by atoms with E-state index in [1.165, 1.54) is 0 Å². The second-order valence-corrected chi connectivity index (χ2v) is 8.90. The maximum atomic E-state index is 13.2. The van der Waals surface area contributed by atoms with Gasteiger partial charge in [0.1, 0.15) is 0 Å². The van der Waals surface area contributed by atoms with Crippen LogP contribution < -0.4 is 9.80 Å². The number of likely N-dealkylation sites (N-methyl/N-ethyl adjacent to an activating group) is 1. The molecule has 190 valence electrons. The number of imide groups is 1. The first-order chi connectivity index (χ1) is 17.8. The molecule has 0 spiro atoms. The van der Waals surface area contributed by atoms with Gasteiger partial charge in [-0.15, -0.1) is 0 Å². The van der Waals surface area contributed by atoms with E-state index in [1.807, 2.05) is 56.0 Å². The molecule has 1 saturated heterocycles. The van der Waals surface area contributed by atoms with Gasteiger partial charge in [-0.25, -0.2) is 0 Å². The topological polar surface area (TPSA) is 97.4 Å². The van der Waals surface area contributed by atoms with Crippen LogP contribution in [-0.4, -0.2) is 38.1 Å². The monoisotopic (exact) mass is 560 g/mol. The summed E-state index contributed by atoms with van der Waals surface area (Å²) >= 11 is 3.25. The van der Waals surface area contributed by atoms with Gasteiger partial charge in [0.25, 0.3) is 5.91 Å². The molecule has 7 nitrogen and oxygen atoms in total. The van der Waals surface area contributed by atoms with Gasteiger partial charge in [0.15, 0.2) is 5.54 Å². The highest BCUT2D eigenvalue weighted by Gasteiger charge is 2.52. The van der Waals surface area contributed by atoms with Crippen molar-refractivity contribution in [1.29, 1.82) is 10.5 Å². The highest BCUT2D eigenvalue weighted by Crippen LogP contribution is 2.32. The standard InChI is InChI=1S/C20H19N3O3.C7H4BrN.C2H6/c1-15-3-7-18(8-4-15)23(14-24)19(25)20(12-26-13-20)22(2)17-9-5-16(11-21)6-10-17;8-7-3-1-2-6(4-7)5-9;1-2/h3-10,14H,12-13H2,1-2H3;1-4H;1-2H3. The number of hydrogen-bond donors (Lipinski definition) is 0. The molecule has 0 aliphatic carbocycles. The average Bonchev–Trinajstić information content (AvgIpc) is 2.91. The number of amides is 2. The van der Waals surface area contributed by atoms with Crippen molar-refractivity contribution < 1.29 is 14.3 Å². The van der Waals surface area contributed by atoms with Crippen molar-refractivity contribution in [3.05, 3.63) is 94.0 Å². The summed E-state index contributed by atoms with van der Waals surface area (Å²) in [4.78, 5) is 27.8. The molecule has 3 aromatic carbocycles. The van der Waals surface area contributed by atoms with Crippen LogP contribution in [0.25, 0.3) is 0 Å². The fourth-order valence-electron chi connectivity index (χ4n) is 3.48. The van der Waals surface area contributed by atoms with Crippen molar-refractivity contribution in [1.82, 2.24) is 0 Å². The molecular weight excluding hydrogens is 532 g/mol. The molecule has 0 atom stereocenters. The van der Waals surface area contributed by atoms with Crippen LogP contribution >= 0.6 is 15.9 Å². The molecule has 4 rings (SSSR count). The summed E-state index contributed by atoms with van der Waals surface area (Å²) in [6, 6.07) is 25.5. The highest BCUT2D eigenvalue weighted by atomic mass is 79.9. The van der Waals surface area contributed by atoms with E-state index in [0.29, 0.717) is 23.2 Å². The van der Waals surface area contributed by atoms with Gasteiger partial charge in [0, 0.05) is 17.2 Å². The predicted molar refractivity (Wildman–Crippen MR) is 148 cm³/mol. The van der Waals surface area contributed by atoms with Crippen LogP contribution in [0.2, 0.25) is 0 Å². The van der Waals surface area contributed by atoms with E-state index in [4.69, 9.17) is 15.3 Å². The Balaban J connectivity index is 0.000000367. The van der Waals surface area contributed by atoms with Gasteiger partial charge in [-0.3, -0.25) is 14.5 Å². The van der Waals surface area contributed by atoms with E-state index in [1.54, 1.807) is 55.6 Å². The lowest BCUT2D eigenvalue weighted by molar-refractivity contribution is -0.141. The average molecular weight is 561 g/mol. The van der Waals surface area contributed by atoms with Crippen molar-refractivity contribution in [2.75, 3.05) is 30.1 Å². The third kappa shape index (κ3) is 7.04. The fraction of sp³-hybridized carbons (Fsp3) is 0.241. The molecule has 0 saturated carbocycles. The molecule has 37 heavy (non-hydrogen) atoms. The maximum Gasteiger partial charge on any atom is 0.264 e. The summed E-state index contributed by atoms with van der Waals surface area (Å²) in [5, 5.41) is 17.3. The second-order valence-electron chi connectivity index (χ2n) is 7.98. The van der Waals surface area contributed by atoms with Gasteiger partial charge in [0.05, 0.1) is 42.2 Å². The van der Waals surface area contributed by atoms with E-state index in [0.717, 1.165) is 20.6 Å². The molecule has 0 aromatic heterocycles. The van der Waals surface area contributed by atoms with Crippen LogP contribution in [0.15, 0.2) is 77.3 Å². The second kappa shape index (κ2) is 13.9. The third-order valence-electron chi connectivity index (χ3n) is 5.70. The summed E-state index contributed by atoms with van der Waals surface area (Å²) in [5.41, 5.74) is 2.61. The van der Waals surface area contributed by atoms with E-state index in [-0.39, 0.29) is 19.1 Å². The summed E-state index contributed by atoms with van der Waals surface area (Å²) in [5.74, 6) is -0.338. The summed E-state index contributed by atoms with van der Waals surface area (Å²) in [7, 11) is 1.79. The molecule has 0 unspecified atom stereocenters. The molecule has 1 aliphatic heterocycles. The smallest absolute Gasteiger partial charge is 0.264 e. The summed E-state index contributed by atoms with van der Waals surface area (Å²) < 4.78 is 6.28. The Labute approximate surface area is 226 Å². The normalized spacial score (nSPS) is 12.5. The van der Waals surface area contributed by atoms with Crippen LogP contribution in [0.3, 0.4) is 0 Å². The Morgan fingerprint density at radius 3 is 1.95 bits per heavy atom. The van der Waals surface area contributed by atoms with Crippen molar-refractivity contribution in [2.24, 2.45) is 0 Å². The lowest BCUT2D eigenvalue weighted by Gasteiger charge is -2.48. The molecule has 1 heterocycles. The van der Waals surface area contributed by atoms with Gasteiger partial charge < -0.3 is 9.64 Å².